The van der Waals surface area contributed by atoms with Gasteiger partial charge in [-0.25, -0.2) is 4.79 Å². The number of rotatable bonds is 6. The molecule has 7 heteroatoms. The average molecular weight is 312 g/mol. The summed E-state index contributed by atoms with van der Waals surface area (Å²) in [5.41, 5.74) is 11.6. The number of nitrogens with zero attached hydrogens (tertiary/aromatic N) is 2. The molecule has 2 aromatic rings. The van der Waals surface area contributed by atoms with Gasteiger partial charge < -0.3 is 21.3 Å². The second-order valence-electron chi connectivity index (χ2n) is 4.59. The maximum atomic E-state index is 11.4. The quantitative estimate of drug-likeness (QED) is 0.423. The van der Waals surface area contributed by atoms with Gasteiger partial charge in [-0.1, -0.05) is 30.3 Å². The van der Waals surface area contributed by atoms with Gasteiger partial charge in [0.05, 0.1) is 6.21 Å². The Balaban J connectivity index is 2.11. The SMILES string of the molecule is NC(N)=NN=Cc1ccc(OC(C(=O)O)c2ccccc2)cc1. The van der Waals surface area contributed by atoms with Gasteiger partial charge >= 0.3 is 5.97 Å². The normalized spacial score (nSPS) is 11.8. The second-order valence-corrected chi connectivity index (χ2v) is 4.59. The third-order valence-corrected chi connectivity index (χ3v) is 2.84. The Kier molecular flexibility index (Phi) is 5.30. The molecular formula is C16H16N4O3. The van der Waals surface area contributed by atoms with E-state index in [1.165, 1.54) is 6.21 Å². The van der Waals surface area contributed by atoms with E-state index in [0.29, 0.717) is 11.3 Å². The first-order valence-corrected chi connectivity index (χ1v) is 6.72. The van der Waals surface area contributed by atoms with E-state index in [1.54, 1.807) is 48.5 Å². The van der Waals surface area contributed by atoms with E-state index in [-0.39, 0.29) is 5.96 Å². The van der Waals surface area contributed by atoms with E-state index in [4.69, 9.17) is 16.2 Å². The molecule has 0 fully saturated rings. The van der Waals surface area contributed by atoms with Crippen LogP contribution in [0, 0.1) is 0 Å². The third kappa shape index (κ3) is 4.85. The van der Waals surface area contributed by atoms with E-state index < -0.39 is 12.1 Å². The monoisotopic (exact) mass is 312 g/mol. The molecule has 0 aromatic heterocycles. The predicted octanol–water partition coefficient (Wildman–Crippen LogP) is 1.50. The van der Waals surface area contributed by atoms with Crippen LogP contribution in [0.5, 0.6) is 5.75 Å². The second kappa shape index (κ2) is 7.60. The van der Waals surface area contributed by atoms with E-state index in [2.05, 4.69) is 10.2 Å². The molecule has 2 rings (SSSR count). The smallest absolute Gasteiger partial charge is 0.349 e. The van der Waals surface area contributed by atoms with Crippen LogP contribution in [-0.2, 0) is 4.79 Å². The van der Waals surface area contributed by atoms with Gasteiger partial charge in [-0.2, -0.15) is 5.10 Å². The third-order valence-electron chi connectivity index (χ3n) is 2.84. The van der Waals surface area contributed by atoms with Gasteiger partial charge in [0, 0.05) is 5.56 Å². The van der Waals surface area contributed by atoms with Gasteiger partial charge in [0.15, 0.2) is 0 Å². The Morgan fingerprint density at radius 1 is 1.09 bits per heavy atom. The molecule has 0 amide bonds. The highest BCUT2D eigenvalue weighted by Crippen LogP contribution is 2.22. The van der Waals surface area contributed by atoms with Crippen LogP contribution in [0.25, 0.3) is 0 Å². The van der Waals surface area contributed by atoms with Crippen molar-refractivity contribution < 1.29 is 14.6 Å². The van der Waals surface area contributed by atoms with Gasteiger partial charge in [-0.15, -0.1) is 5.10 Å². The van der Waals surface area contributed by atoms with Crippen LogP contribution >= 0.6 is 0 Å². The molecule has 7 nitrogen and oxygen atoms in total. The lowest BCUT2D eigenvalue weighted by Gasteiger charge is -2.15. The zero-order chi connectivity index (χ0) is 16.7. The summed E-state index contributed by atoms with van der Waals surface area (Å²) in [6.07, 6.45) is 0.396. The highest BCUT2D eigenvalue weighted by atomic mass is 16.5. The van der Waals surface area contributed by atoms with Crippen LogP contribution in [-0.4, -0.2) is 23.2 Å². The minimum absolute atomic E-state index is 0.131. The Labute approximate surface area is 132 Å². The highest BCUT2D eigenvalue weighted by molar-refractivity contribution is 5.81. The van der Waals surface area contributed by atoms with Gasteiger partial charge in [-0.05, 0) is 29.8 Å². The molecule has 1 atom stereocenters. The number of aliphatic carboxylic acids is 1. The van der Waals surface area contributed by atoms with E-state index >= 15 is 0 Å². The van der Waals surface area contributed by atoms with Crippen molar-refractivity contribution in [2.75, 3.05) is 0 Å². The Morgan fingerprint density at radius 2 is 1.74 bits per heavy atom. The molecule has 0 aliphatic heterocycles. The molecule has 0 aliphatic carbocycles. The number of carboxylic acids is 1. The number of ether oxygens (including phenoxy) is 1. The first kappa shape index (κ1) is 16.0. The number of carbonyl (C=O) groups is 1. The van der Waals surface area contributed by atoms with Crippen LogP contribution in [0.1, 0.15) is 17.2 Å². The molecule has 0 aliphatic rings. The minimum Gasteiger partial charge on any atom is -0.478 e. The largest absolute Gasteiger partial charge is 0.478 e. The fraction of sp³-hybridized carbons (Fsp3) is 0.0625. The summed E-state index contributed by atoms with van der Waals surface area (Å²) in [6.45, 7) is 0. The zero-order valence-electron chi connectivity index (χ0n) is 12.2. The number of nitrogens with two attached hydrogens (primary N) is 2. The predicted molar refractivity (Wildman–Crippen MR) is 87.3 cm³/mol. The van der Waals surface area contributed by atoms with Crippen LogP contribution < -0.4 is 16.2 Å². The molecule has 118 valence electrons. The topological polar surface area (TPSA) is 123 Å². The molecular weight excluding hydrogens is 296 g/mol. The summed E-state index contributed by atoms with van der Waals surface area (Å²) in [6, 6.07) is 15.5. The summed E-state index contributed by atoms with van der Waals surface area (Å²) >= 11 is 0. The maximum Gasteiger partial charge on any atom is 0.349 e. The first-order chi connectivity index (χ1) is 11.1. The summed E-state index contributed by atoms with van der Waals surface area (Å²) < 4.78 is 5.55. The van der Waals surface area contributed by atoms with Gasteiger partial charge in [-0.3, -0.25) is 0 Å². The number of carboxylic acid groups (broad SMARTS) is 1. The van der Waals surface area contributed by atoms with Crippen LogP contribution in [0.15, 0.2) is 64.8 Å². The number of hydrogen-bond acceptors (Lipinski definition) is 4. The number of benzene rings is 2. The van der Waals surface area contributed by atoms with E-state index in [1.807, 2.05) is 6.07 Å². The van der Waals surface area contributed by atoms with E-state index in [9.17, 15) is 9.90 Å². The lowest BCUT2D eigenvalue weighted by atomic mass is 10.1. The molecule has 0 saturated heterocycles. The van der Waals surface area contributed by atoms with Crippen molar-refractivity contribution in [1.82, 2.24) is 0 Å². The molecule has 23 heavy (non-hydrogen) atoms. The van der Waals surface area contributed by atoms with Crippen molar-refractivity contribution >= 4 is 18.1 Å². The summed E-state index contributed by atoms with van der Waals surface area (Å²) in [7, 11) is 0. The average Bonchev–Trinajstić information content (AvgIpc) is 2.54. The fourth-order valence-corrected chi connectivity index (χ4v) is 1.82. The molecule has 1 unspecified atom stereocenters. The Morgan fingerprint density at radius 3 is 2.30 bits per heavy atom. The lowest BCUT2D eigenvalue weighted by Crippen LogP contribution is -2.21. The van der Waals surface area contributed by atoms with Gasteiger partial charge in [0.25, 0.3) is 0 Å². The standard InChI is InChI=1S/C16H16N4O3/c17-16(18)20-19-10-11-6-8-13(9-7-11)23-14(15(21)22)12-4-2-1-3-5-12/h1-10,14H,(H,21,22)(H4,17,18,20). The van der Waals surface area contributed by atoms with Crippen LogP contribution in [0.3, 0.4) is 0 Å². The summed E-state index contributed by atoms with van der Waals surface area (Å²) in [4.78, 5) is 11.4. The Bertz CT molecular complexity index is 708. The maximum absolute atomic E-state index is 11.4. The zero-order valence-corrected chi connectivity index (χ0v) is 12.2. The summed E-state index contributed by atoms with van der Waals surface area (Å²) in [5.74, 6) is -0.761. The molecule has 0 radical (unpaired) electrons. The Hall–Kier alpha value is -3.35. The number of guanidine groups is 1. The lowest BCUT2D eigenvalue weighted by molar-refractivity contribution is -0.145. The minimum atomic E-state index is -1.07. The van der Waals surface area contributed by atoms with Crippen molar-refractivity contribution in [3.63, 3.8) is 0 Å². The van der Waals surface area contributed by atoms with Crippen molar-refractivity contribution in [3.8, 4) is 5.75 Å². The molecule has 0 saturated carbocycles. The number of hydrogen-bond donors (Lipinski definition) is 3. The van der Waals surface area contributed by atoms with Crippen LogP contribution in [0.2, 0.25) is 0 Å². The highest BCUT2D eigenvalue weighted by Gasteiger charge is 2.21. The molecule has 0 bridgehead atoms. The molecule has 0 heterocycles. The van der Waals surface area contributed by atoms with Crippen molar-refractivity contribution in [1.29, 1.82) is 0 Å². The van der Waals surface area contributed by atoms with Gasteiger partial charge in [0.2, 0.25) is 12.1 Å². The molecule has 2 aromatic carbocycles. The molecule has 0 spiro atoms. The van der Waals surface area contributed by atoms with Crippen LogP contribution in [0.4, 0.5) is 0 Å². The van der Waals surface area contributed by atoms with Gasteiger partial charge in [0.1, 0.15) is 5.75 Å². The van der Waals surface area contributed by atoms with Crippen molar-refractivity contribution in [3.05, 3.63) is 65.7 Å². The first-order valence-electron chi connectivity index (χ1n) is 6.72. The summed E-state index contributed by atoms with van der Waals surface area (Å²) in [5, 5.41) is 16.5. The fourth-order valence-electron chi connectivity index (χ4n) is 1.82. The van der Waals surface area contributed by atoms with E-state index in [0.717, 1.165) is 5.56 Å². The molecule has 5 N–H and O–H groups in total. The van der Waals surface area contributed by atoms with Crippen molar-refractivity contribution in [2.45, 2.75) is 6.10 Å². The van der Waals surface area contributed by atoms with Crippen molar-refractivity contribution in [2.24, 2.45) is 21.7 Å².